The van der Waals surface area contributed by atoms with Crippen LogP contribution in [0.5, 0.6) is 0 Å². The first-order valence-electron chi connectivity index (χ1n) is 19.8. The van der Waals surface area contributed by atoms with Crippen LogP contribution < -0.4 is 5.56 Å². The molecule has 0 radical (unpaired) electrons. The van der Waals surface area contributed by atoms with Crippen molar-refractivity contribution in [2.75, 3.05) is 72.0 Å². The van der Waals surface area contributed by atoms with Gasteiger partial charge in [0, 0.05) is 76.6 Å². The minimum atomic E-state index is -0.586. The van der Waals surface area contributed by atoms with Crippen molar-refractivity contribution in [1.29, 1.82) is 0 Å². The quantitative estimate of drug-likeness (QED) is 0.354. The number of carbonyl (C=O) groups excluding carboxylic acids is 3. The van der Waals surface area contributed by atoms with E-state index in [0.717, 1.165) is 63.9 Å². The molecule has 3 amide bonds. The molecule has 2 aromatic carbocycles. The number of aromatic amines is 1. The Labute approximate surface area is 316 Å². The van der Waals surface area contributed by atoms with E-state index in [-0.39, 0.29) is 34.5 Å². The Morgan fingerprint density at radius 2 is 1.50 bits per heavy atom. The average molecular weight is 746 g/mol. The maximum absolute atomic E-state index is 15.0. The van der Waals surface area contributed by atoms with Crippen molar-refractivity contribution in [2.24, 2.45) is 11.8 Å². The van der Waals surface area contributed by atoms with Crippen LogP contribution in [0.25, 0.3) is 10.8 Å². The summed E-state index contributed by atoms with van der Waals surface area (Å²) in [6, 6.07) is 12.0. The van der Waals surface area contributed by atoms with Gasteiger partial charge in [0.1, 0.15) is 5.82 Å². The number of nitrogens with one attached hydrogen (secondary N) is 1. The predicted octanol–water partition coefficient (Wildman–Crippen LogP) is 3.33. The number of rotatable bonds is 9. The van der Waals surface area contributed by atoms with Crippen LogP contribution in [0.3, 0.4) is 0 Å². The Bertz CT molecular complexity index is 1830. The molecule has 0 spiro atoms. The number of likely N-dealkylation sites (tertiary alicyclic amines) is 1. The number of carbonyl (C=O) groups is 3. The van der Waals surface area contributed by atoms with Gasteiger partial charge in [0.15, 0.2) is 0 Å². The zero-order valence-corrected chi connectivity index (χ0v) is 31.6. The number of fused-ring (bicyclic) bond motifs is 1. The molecule has 3 N–H and O–H groups in total. The van der Waals surface area contributed by atoms with Crippen LogP contribution in [-0.2, 0) is 16.0 Å². The molecule has 7 rings (SSSR count). The average Bonchev–Trinajstić information content (AvgIpc) is 3.17. The Balaban J connectivity index is 0.00000497. The van der Waals surface area contributed by atoms with Crippen molar-refractivity contribution in [2.45, 2.75) is 70.8 Å². The maximum atomic E-state index is 15.0. The summed E-state index contributed by atoms with van der Waals surface area (Å²) in [5, 5.41) is 8.01. The van der Waals surface area contributed by atoms with Gasteiger partial charge in [0.05, 0.1) is 23.2 Å². The zero-order valence-electron chi connectivity index (χ0n) is 31.6. The van der Waals surface area contributed by atoms with Gasteiger partial charge in [-0.25, -0.2) is 9.49 Å². The van der Waals surface area contributed by atoms with Crippen LogP contribution in [0, 0.1) is 17.7 Å². The molecular formula is C41H56FN7O5. The lowest BCUT2D eigenvalue weighted by molar-refractivity contribution is -0.137. The third kappa shape index (κ3) is 9.35. The number of amides is 3. The van der Waals surface area contributed by atoms with Crippen LogP contribution in [0.15, 0.2) is 47.3 Å². The third-order valence-electron chi connectivity index (χ3n) is 12.1. The highest BCUT2D eigenvalue weighted by Gasteiger charge is 2.32. The normalized spacial score (nSPS) is 20.9. The molecule has 0 bridgehead atoms. The number of piperidine rings is 1. The summed E-state index contributed by atoms with van der Waals surface area (Å²) < 4.78 is 15.0. The van der Waals surface area contributed by atoms with Gasteiger partial charge in [0.25, 0.3) is 11.5 Å². The van der Waals surface area contributed by atoms with Crippen LogP contribution in [0.4, 0.5) is 4.39 Å². The Hall–Kier alpha value is -4.20. The monoisotopic (exact) mass is 745 g/mol. The molecule has 54 heavy (non-hydrogen) atoms. The second-order valence-electron chi connectivity index (χ2n) is 15.8. The number of benzene rings is 2. The molecule has 3 aromatic rings. The smallest absolute Gasteiger partial charge is 0.272 e. The van der Waals surface area contributed by atoms with Crippen LogP contribution in [0.2, 0.25) is 0 Å². The summed E-state index contributed by atoms with van der Waals surface area (Å²) in [5.41, 5.74) is 1.08. The van der Waals surface area contributed by atoms with E-state index in [1.165, 1.54) is 38.2 Å². The second-order valence-corrected chi connectivity index (χ2v) is 15.8. The van der Waals surface area contributed by atoms with E-state index in [1.807, 2.05) is 17.0 Å². The topological polar surface area (TPSA) is 145 Å². The lowest BCUT2D eigenvalue weighted by Crippen LogP contribution is -2.55. The lowest BCUT2D eigenvalue weighted by atomic mass is 9.86. The number of H-pyrrole nitrogens is 1. The van der Waals surface area contributed by atoms with E-state index in [0.29, 0.717) is 73.5 Å². The van der Waals surface area contributed by atoms with Crippen molar-refractivity contribution < 1.29 is 24.3 Å². The van der Waals surface area contributed by atoms with Gasteiger partial charge >= 0.3 is 0 Å². The molecule has 12 nitrogen and oxygen atoms in total. The van der Waals surface area contributed by atoms with Gasteiger partial charge in [-0.1, -0.05) is 43.5 Å². The maximum Gasteiger partial charge on any atom is 0.272 e. The standard InChI is InChI=1S/C41H54FN7O4.H2O/c1-29-26-46(17-22-49(29)38(50)25-30-7-3-2-4-8-30)27-31-13-15-45(16-14-31)28-39(51)47-18-20-48(21-19-47)41(53)35-23-32(11-12-36(35)42)24-37-33-9-5-6-10-34(33)40(52)44-43-37;/h5-6,9-12,23,29-31H,2-4,7-8,13-22,24-28H2,1H3,(H,44,52);1H2. The summed E-state index contributed by atoms with van der Waals surface area (Å²) >= 11 is 0. The molecule has 13 heteroatoms. The Kier molecular flexibility index (Phi) is 13.1. The highest BCUT2D eigenvalue weighted by Crippen LogP contribution is 2.28. The van der Waals surface area contributed by atoms with Crippen LogP contribution in [-0.4, -0.2) is 136 Å². The molecular weight excluding hydrogens is 689 g/mol. The molecule has 1 unspecified atom stereocenters. The summed E-state index contributed by atoms with van der Waals surface area (Å²) in [5.74, 6) is 0.623. The number of halogens is 1. The summed E-state index contributed by atoms with van der Waals surface area (Å²) in [4.78, 5) is 62.4. The van der Waals surface area contributed by atoms with Crippen molar-refractivity contribution in [3.63, 3.8) is 0 Å². The first-order valence-corrected chi connectivity index (χ1v) is 19.8. The molecule has 3 aliphatic heterocycles. The summed E-state index contributed by atoms with van der Waals surface area (Å²) in [7, 11) is 0. The van der Waals surface area contributed by atoms with E-state index in [4.69, 9.17) is 0 Å². The lowest BCUT2D eigenvalue weighted by Gasteiger charge is -2.43. The molecule has 1 aromatic heterocycles. The van der Waals surface area contributed by atoms with Crippen molar-refractivity contribution in [3.8, 4) is 0 Å². The molecule has 1 atom stereocenters. The van der Waals surface area contributed by atoms with Gasteiger partial charge in [-0.2, -0.15) is 5.10 Å². The fourth-order valence-electron chi connectivity index (χ4n) is 8.98. The number of piperazine rings is 2. The number of nitrogens with zero attached hydrogens (tertiary/aromatic N) is 6. The van der Waals surface area contributed by atoms with Crippen LogP contribution >= 0.6 is 0 Å². The molecule has 292 valence electrons. The molecule has 4 heterocycles. The molecule has 4 aliphatic rings. The Morgan fingerprint density at radius 3 is 2.22 bits per heavy atom. The van der Waals surface area contributed by atoms with E-state index in [2.05, 4.69) is 31.8 Å². The van der Waals surface area contributed by atoms with E-state index in [1.54, 1.807) is 29.2 Å². The van der Waals surface area contributed by atoms with Gasteiger partial charge in [-0.3, -0.25) is 29.0 Å². The largest absolute Gasteiger partial charge is 0.412 e. The minimum absolute atomic E-state index is 0. The van der Waals surface area contributed by atoms with Crippen LogP contribution in [0.1, 0.15) is 79.9 Å². The fourth-order valence-corrected chi connectivity index (χ4v) is 8.98. The highest BCUT2D eigenvalue weighted by atomic mass is 19.1. The first kappa shape index (κ1) is 39.5. The Morgan fingerprint density at radius 1 is 0.796 bits per heavy atom. The number of hydrogen-bond donors (Lipinski definition) is 1. The molecule has 1 aliphatic carbocycles. The van der Waals surface area contributed by atoms with Gasteiger partial charge in [-0.15, -0.1) is 0 Å². The number of hydrogen-bond acceptors (Lipinski definition) is 7. The fraction of sp³-hybridized carbons (Fsp3) is 0.585. The summed E-state index contributed by atoms with van der Waals surface area (Å²) in [6.07, 6.45) is 9.45. The molecule has 1 saturated carbocycles. The SMILES string of the molecule is CC1CN(CC2CCN(CC(=O)N3CCN(C(=O)c4cc(Cc5n[nH]c(=O)c6ccccc56)ccc4F)CC3)CC2)CCN1C(=O)CC1CCCCC1.O. The van der Waals surface area contributed by atoms with Crippen molar-refractivity contribution in [3.05, 3.63) is 75.5 Å². The van der Waals surface area contributed by atoms with E-state index < -0.39 is 5.82 Å². The van der Waals surface area contributed by atoms with Gasteiger partial charge in [0.2, 0.25) is 11.8 Å². The summed E-state index contributed by atoms with van der Waals surface area (Å²) in [6.45, 7) is 9.66. The van der Waals surface area contributed by atoms with Gasteiger partial charge < -0.3 is 20.2 Å². The third-order valence-corrected chi connectivity index (χ3v) is 12.1. The van der Waals surface area contributed by atoms with E-state index in [9.17, 15) is 23.6 Å². The molecule has 4 fully saturated rings. The van der Waals surface area contributed by atoms with Crippen molar-refractivity contribution in [1.82, 2.24) is 34.7 Å². The van der Waals surface area contributed by atoms with E-state index >= 15 is 0 Å². The zero-order chi connectivity index (χ0) is 36.9. The number of aromatic nitrogens is 2. The van der Waals surface area contributed by atoms with Crippen molar-refractivity contribution >= 4 is 28.5 Å². The molecule has 3 saturated heterocycles. The first-order chi connectivity index (χ1) is 25.7. The minimum Gasteiger partial charge on any atom is -0.412 e. The highest BCUT2D eigenvalue weighted by molar-refractivity contribution is 5.95. The predicted molar refractivity (Wildman–Crippen MR) is 206 cm³/mol. The van der Waals surface area contributed by atoms with Gasteiger partial charge in [-0.05, 0) is 81.3 Å². The second kappa shape index (κ2) is 18.0.